The van der Waals surface area contributed by atoms with Crippen LogP contribution in [0.15, 0.2) is 48.7 Å². The van der Waals surface area contributed by atoms with Crippen LogP contribution in [0.2, 0.25) is 0 Å². The zero-order valence-electron chi connectivity index (χ0n) is 18.2. The fraction of sp³-hybridized carbons (Fsp3) is 0.280. The number of ketones is 1. The second kappa shape index (κ2) is 8.78. The van der Waals surface area contributed by atoms with Crippen LogP contribution in [0.3, 0.4) is 0 Å². The second-order valence-electron chi connectivity index (χ2n) is 7.88. The van der Waals surface area contributed by atoms with Crippen molar-refractivity contribution in [3.05, 3.63) is 70.9 Å². The van der Waals surface area contributed by atoms with E-state index in [1.807, 2.05) is 19.1 Å². The number of nitrogens with one attached hydrogen (secondary N) is 2. The standard InChI is InChI=1S/C25H28N4O2/c1-4-29(5-2)15-17-7-9-20-18(12-17)13-23(31)24-21(10-11-26-25(24)28-20)27-22-14-19(30)8-6-16(22)3/h6-12,14,30H,4-5,13,15H2,1-3H3,(H2,26,27,28). The molecule has 0 saturated carbocycles. The van der Waals surface area contributed by atoms with Gasteiger partial charge in [-0.25, -0.2) is 4.98 Å². The number of anilines is 4. The van der Waals surface area contributed by atoms with Crippen LogP contribution < -0.4 is 10.6 Å². The monoisotopic (exact) mass is 416 g/mol. The van der Waals surface area contributed by atoms with Gasteiger partial charge in [-0.2, -0.15) is 0 Å². The first-order valence-electron chi connectivity index (χ1n) is 10.7. The minimum atomic E-state index is 0.00893. The first-order valence-corrected chi connectivity index (χ1v) is 10.7. The summed E-state index contributed by atoms with van der Waals surface area (Å²) in [5.41, 5.74) is 6.02. The molecule has 1 aliphatic rings. The van der Waals surface area contributed by atoms with Crippen LogP contribution in [0, 0.1) is 6.92 Å². The fourth-order valence-electron chi connectivity index (χ4n) is 3.94. The lowest BCUT2D eigenvalue weighted by Gasteiger charge is -2.19. The number of phenols is 1. The molecule has 6 nitrogen and oxygen atoms in total. The van der Waals surface area contributed by atoms with E-state index in [0.29, 0.717) is 23.5 Å². The van der Waals surface area contributed by atoms with Crippen molar-refractivity contribution in [1.29, 1.82) is 0 Å². The van der Waals surface area contributed by atoms with Crippen LogP contribution >= 0.6 is 0 Å². The summed E-state index contributed by atoms with van der Waals surface area (Å²) >= 11 is 0. The van der Waals surface area contributed by atoms with Crippen LogP contribution in [-0.2, 0) is 13.0 Å². The summed E-state index contributed by atoms with van der Waals surface area (Å²) in [6, 6.07) is 13.2. The van der Waals surface area contributed by atoms with E-state index in [1.165, 1.54) is 5.56 Å². The molecule has 0 atom stereocenters. The number of rotatable bonds is 6. The molecule has 0 bridgehead atoms. The second-order valence-corrected chi connectivity index (χ2v) is 7.88. The number of aromatic hydroxyl groups is 1. The Kier molecular flexibility index (Phi) is 5.91. The normalized spacial score (nSPS) is 12.7. The maximum atomic E-state index is 13.3. The van der Waals surface area contributed by atoms with Crippen LogP contribution in [0.25, 0.3) is 0 Å². The minimum Gasteiger partial charge on any atom is -0.508 e. The van der Waals surface area contributed by atoms with Gasteiger partial charge in [0.05, 0.1) is 11.3 Å². The van der Waals surface area contributed by atoms with Gasteiger partial charge in [-0.15, -0.1) is 0 Å². The van der Waals surface area contributed by atoms with Crippen LogP contribution in [0.1, 0.15) is 40.9 Å². The SMILES string of the molecule is CCN(CC)Cc1ccc2c(c1)CC(=O)c1c(Nc3cc(O)ccc3C)ccnc1N2. The van der Waals surface area contributed by atoms with Gasteiger partial charge >= 0.3 is 0 Å². The molecule has 4 rings (SSSR count). The topological polar surface area (TPSA) is 77.5 Å². The number of carbonyl (C=O) groups excluding carboxylic acids is 1. The molecule has 0 radical (unpaired) electrons. The summed E-state index contributed by atoms with van der Waals surface area (Å²) in [5.74, 6) is 0.725. The highest BCUT2D eigenvalue weighted by atomic mass is 16.3. The number of carbonyl (C=O) groups is 1. The number of phenolic OH excluding ortho intramolecular Hbond substituents is 1. The summed E-state index contributed by atoms with van der Waals surface area (Å²) in [5, 5.41) is 16.5. The fourth-order valence-corrected chi connectivity index (χ4v) is 3.94. The quantitative estimate of drug-likeness (QED) is 0.515. The molecule has 0 fully saturated rings. The van der Waals surface area contributed by atoms with E-state index in [0.717, 1.165) is 42.1 Å². The molecular weight excluding hydrogens is 388 g/mol. The Morgan fingerprint density at radius 1 is 1.10 bits per heavy atom. The Morgan fingerprint density at radius 2 is 1.90 bits per heavy atom. The summed E-state index contributed by atoms with van der Waals surface area (Å²) < 4.78 is 0. The lowest BCUT2D eigenvalue weighted by molar-refractivity contribution is 0.0995. The van der Waals surface area contributed by atoms with Crippen molar-refractivity contribution in [2.24, 2.45) is 0 Å². The molecule has 0 aliphatic carbocycles. The van der Waals surface area contributed by atoms with Gasteiger partial charge in [-0.3, -0.25) is 9.69 Å². The largest absolute Gasteiger partial charge is 0.508 e. The van der Waals surface area contributed by atoms with E-state index in [2.05, 4.69) is 46.5 Å². The predicted octanol–water partition coefficient (Wildman–Crippen LogP) is 5.16. The highest BCUT2D eigenvalue weighted by molar-refractivity contribution is 6.09. The Balaban J connectivity index is 1.67. The lowest BCUT2D eigenvalue weighted by atomic mass is 10.0. The molecule has 6 heteroatoms. The predicted molar refractivity (Wildman–Crippen MR) is 125 cm³/mol. The van der Waals surface area contributed by atoms with Crippen molar-refractivity contribution in [2.45, 2.75) is 33.7 Å². The molecule has 0 saturated heterocycles. The molecule has 0 spiro atoms. The maximum Gasteiger partial charge on any atom is 0.173 e. The number of nitrogens with zero attached hydrogens (tertiary/aromatic N) is 2. The van der Waals surface area contributed by atoms with Gasteiger partial charge in [0.2, 0.25) is 0 Å². The van der Waals surface area contributed by atoms with E-state index in [9.17, 15) is 9.90 Å². The molecule has 2 aromatic carbocycles. The molecule has 160 valence electrons. The van der Waals surface area contributed by atoms with Gasteiger partial charge in [-0.05, 0) is 54.9 Å². The third kappa shape index (κ3) is 4.39. The van der Waals surface area contributed by atoms with E-state index in [-0.39, 0.29) is 11.5 Å². The van der Waals surface area contributed by atoms with E-state index < -0.39 is 0 Å². The third-order valence-electron chi connectivity index (χ3n) is 5.79. The van der Waals surface area contributed by atoms with Crippen molar-refractivity contribution in [3.63, 3.8) is 0 Å². The van der Waals surface area contributed by atoms with Crippen LogP contribution in [0.5, 0.6) is 5.75 Å². The molecule has 3 aromatic rings. The Morgan fingerprint density at radius 3 is 2.68 bits per heavy atom. The average Bonchev–Trinajstić information content (AvgIpc) is 2.90. The smallest absolute Gasteiger partial charge is 0.173 e. The number of hydrogen-bond donors (Lipinski definition) is 3. The average molecular weight is 417 g/mol. The molecule has 0 amide bonds. The van der Waals surface area contributed by atoms with Gasteiger partial charge in [0.15, 0.2) is 5.78 Å². The number of hydrogen-bond acceptors (Lipinski definition) is 6. The maximum absolute atomic E-state index is 13.3. The van der Waals surface area contributed by atoms with Crippen LogP contribution in [-0.4, -0.2) is 33.9 Å². The summed E-state index contributed by atoms with van der Waals surface area (Å²) in [6.45, 7) is 9.11. The first kappa shape index (κ1) is 20.9. The first-order chi connectivity index (χ1) is 15.0. The minimum absolute atomic E-state index is 0.00893. The zero-order valence-corrected chi connectivity index (χ0v) is 18.2. The van der Waals surface area contributed by atoms with Gasteiger partial charge in [0.1, 0.15) is 11.6 Å². The Bertz CT molecular complexity index is 1120. The number of benzene rings is 2. The zero-order chi connectivity index (χ0) is 22.0. The number of aromatic nitrogens is 1. The molecular formula is C25H28N4O2. The summed E-state index contributed by atoms with van der Waals surface area (Å²) in [6.07, 6.45) is 1.99. The van der Waals surface area contributed by atoms with Crippen molar-refractivity contribution >= 4 is 28.7 Å². The highest BCUT2D eigenvalue weighted by Gasteiger charge is 2.24. The molecule has 2 heterocycles. The van der Waals surface area contributed by atoms with E-state index >= 15 is 0 Å². The Hall–Kier alpha value is -3.38. The van der Waals surface area contributed by atoms with E-state index in [4.69, 9.17) is 0 Å². The van der Waals surface area contributed by atoms with Gasteiger partial charge in [-0.1, -0.05) is 32.0 Å². The van der Waals surface area contributed by atoms with Crippen molar-refractivity contribution < 1.29 is 9.90 Å². The van der Waals surface area contributed by atoms with Crippen LogP contribution in [0.4, 0.5) is 22.9 Å². The number of Topliss-reactive ketones (excluding diaryl/α,β-unsaturated/α-hetero) is 1. The van der Waals surface area contributed by atoms with Crippen molar-refractivity contribution in [2.75, 3.05) is 23.7 Å². The van der Waals surface area contributed by atoms with Gasteiger partial charge < -0.3 is 15.7 Å². The third-order valence-corrected chi connectivity index (χ3v) is 5.79. The highest BCUT2D eigenvalue weighted by Crippen LogP contribution is 2.35. The Labute approximate surface area is 182 Å². The summed E-state index contributed by atoms with van der Waals surface area (Å²) in [7, 11) is 0. The number of pyridine rings is 1. The molecule has 0 unspecified atom stereocenters. The van der Waals surface area contributed by atoms with E-state index in [1.54, 1.807) is 24.4 Å². The lowest BCUT2D eigenvalue weighted by Crippen LogP contribution is -2.22. The summed E-state index contributed by atoms with van der Waals surface area (Å²) in [4.78, 5) is 20.1. The van der Waals surface area contributed by atoms with Gasteiger partial charge in [0, 0.05) is 36.6 Å². The molecule has 1 aromatic heterocycles. The molecule has 3 N–H and O–H groups in total. The molecule has 31 heavy (non-hydrogen) atoms. The molecule has 1 aliphatic heterocycles. The number of aryl methyl sites for hydroxylation is 1. The van der Waals surface area contributed by atoms with Crippen molar-refractivity contribution in [3.8, 4) is 5.75 Å². The van der Waals surface area contributed by atoms with Crippen molar-refractivity contribution in [1.82, 2.24) is 9.88 Å². The number of fused-ring (bicyclic) bond motifs is 2. The van der Waals surface area contributed by atoms with Gasteiger partial charge in [0.25, 0.3) is 0 Å².